The van der Waals surface area contributed by atoms with Gasteiger partial charge in [-0.15, -0.1) is 0 Å². The van der Waals surface area contributed by atoms with Gasteiger partial charge in [-0.05, 0) is 24.5 Å². The van der Waals surface area contributed by atoms with E-state index in [0.717, 1.165) is 12.2 Å². The lowest BCUT2D eigenvalue weighted by Crippen LogP contribution is -2.07. The highest BCUT2D eigenvalue weighted by atomic mass is 32.2. The van der Waals surface area contributed by atoms with Crippen molar-refractivity contribution in [3.8, 4) is 0 Å². The van der Waals surface area contributed by atoms with E-state index in [1.54, 1.807) is 11.8 Å². The summed E-state index contributed by atoms with van der Waals surface area (Å²) in [5.41, 5.74) is -0.238. The van der Waals surface area contributed by atoms with Gasteiger partial charge >= 0.3 is 0 Å². The van der Waals surface area contributed by atoms with Crippen LogP contribution < -0.4 is 5.32 Å². The van der Waals surface area contributed by atoms with E-state index in [-0.39, 0.29) is 11.4 Å². The first-order chi connectivity index (χ1) is 7.66. The Balaban J connectivity index is 2.73. The van der Waals surface area contributed by atoms with Gasteiger partial charge in [-0.25, -0.2) is 4.39 Å². The first kappa shape index (κ1) is 12.8. The van der Waals surface area contributed by atoms with Crippen molar-refractivity contribution >= 4 is 23.1 Å². The summed E-state index contributed by atoms with van der Waals surface area (Å²) in [7, 11) is 0. The summed E-state index contributed by atoms with van der Waals surface area (Å²) in [6.45, 7) is 0.530. The summed E-state index contributed by atoms with van der Waals surface area (Å²) in [6, 6.07) is 3.84. The molecule has 16 heavy (non-hydrogen) atoms. The average Bonchev–Trinajstić information content (AvgIpc) is 2.25. The van der Waals surface area contributed by atoms with Gasteiger partial charge in [0.2, 0.25) is 0 Å². The molecule has 0 heterocycles. The zero-order chi connectivity index (χ0) is 12.0. The molecule has 6 heteroatoms. The quantitative estimate of drug-likeness (QED) is 0.475. The molecule has 0 saturated heterocycles. The topological polar surface area (TPSA) is 55.2 Å². The van der Waals surface area contributed by atoms with Gasteiger partial charge < -0.3 is 5.32 Å². The van der Waals surface area contributed by atoms with Gasteiger partial charge in [-0.2, -0.15) is 11.8 Å². The van der Waals surface area contributed by atoms with Gasteiger partial charge in [0.1, 0.15) is 5.69 Å². The number of hydrogen-bond donors (Lipinski definition) is 1. The van der Waals surface area contributed by atoms with Crippen molar-refractivity contribution in [1.82, 2.24) is 0 Å². The number of nitro benzene ring substituents is 1. The molecule has 1 rings (SSSR count). The van der Waals surface area contributed by atoms with E-state index in [4.69, 9.17) is 0 Å². The molecule has 1 aromatic rings. The number of nitrogens with one attached hydrogen (secondary N) is 1. The minimum atomic E-state index is -0.585. The molecule has 0 unspecified atom stereocenters. The summed E-state index contributed by atoms with van der Waals surface area (Å²) in [6.07, 6.45) is 2.82. The van der Waals surface area contributed by atoms with Gasteiger partial charge in [0.05, 0.1) is 4.92 Å². The van der Waals surface area contributed by atoms with Crippen LogP contribution in [0, 0.1) is 15.9 Å². The lowest BCUT2D eigenvalue weighted by molar-refractivity contribution is -0.384. The van der Waals surface area contributed by atoms with Crippen molar-refractivity contribution in [2.24, 2.45) is 0 Å². The Morgan fingerprint density at radius 2 is 2.31 bits per heavy atom. The van der Waals surface area contributed by atoms with Gasteiger partial charge in [0, 0.05) is 12.6 Å². The van der Waals surface area contributed by atoms with Gasteiger partial charge in [-0.3, -0.25) is 10.1 Å². The molecule has 0 saturated carbocycles. The Morgan fingerprint density at radius 1 is 1.56 bits per heavy atom. The summed E-state index contributed by atoms with van der Waals surface area (Å²) in [5, 5.41) is 13.4. The molecule has 0 amide bonds. The van der Waals surface area contributed by atoms with Crippen molar-refractivity contribution in [2.45, 2.75) is 6.42 Å². The molecule has 0 bridgehead atoms. The summed E-state index contributed by atoms with van der Waals surface area (Å²) < 4.78 is 13.3. The van der Waals surface area contributed by atoms with Crippen molar-refractivity contribution in [3.05, 3.63) is 34.1 Å². The highest BCUT2D eigenvalue weighted by Crippen LogP contribution is 2.26. The molecule has 0 spiro atoms. The van der Waals surface area contributed by atoms with Crippen LogP contribution in [0.15, 0.2) is 18.2 Å². The lowest BCUT2D eigenvalue weighted by atomic mass is 10.2. The number of para-hydroxylation sites is 1. The third-order valence-electron chi connectivity index (χ3n) is 2.02. The fourth-order valence-electron chi connectivity index (χ4n) is 1.27. The molecule has 0 radical (unpaired) electrons. The van der Waals surface area contributed by atoms with Crippen molar-refractivity contribution in [2.75, 3.05) is 23.9 Å². The van der Waals surface area contributed by atoms with E-state index in [0.29, 0.717) is 6.54 Å². The van der Waals surface area contributed by atoms with E-state index >= 15 is 0 Å². The molecule has 0 atom stereocenters. The Hall–Kier alpha value is -1.30. The predicted octanol–water partition coefficient (Wildman–Crippen LogP) is 2.90. The number of rotatable bonds is 6. The van der Waals surface area contributed by atoms with Gasteiger partial charge in [0.25, 0.3) is 5.69 Å². The van der Waals surface area contributed by atoms with E-state index < -0.39 is 10.7 Å². The van der Waals surface area contributed by atoms with Crippen LogP contribution in [0.25, 0.3) is 0 Å². The van der Waals surface area contributed by atoms with Crippen LogP contribution in [0.3, 0.4) is 0 Å². The second-order valence-electron chi connectivity index (χ2n) is 3.16. The molecular formula is C10H13FN2O2S. The molecule has 0 aliphatic heterocycles. The second kappa shape index (κ2) is 6.32. The van der Waals surface area contributed by atoms with E-state index in [2.05, 4.69) is 5.32 Å². The number of hydrogen-bond acceptors (Lipinski definition) is 4. The molecule has 88 valence electrons. The third-order valence-corrected chi connectivity index (χ3v) is 2.71. The monoisotopic (exact) mass is 244 g/mol. The fourth-order valence-corrected chi connectivity index (χ4v) is 1.70. The zero-order valence-electron chi connectivity index (χ0n) is 8.90. The van der Waals surface area contributed by atoms with Crippen LogP contribution in [-0.2, 0) is 0 Å². The number of anilines is 1. The maximum Gasteiger partial charge on any atom is 0.295 e. The number of thioether (sulfide) groups is 1. The Bertz CT molecular complexity index is 374. The van der Waals surface area contributed by atoms with Crippen LogP contribution in [0.1, 0.15) is 6.42 Å². The maximum absolute atomic E-state index is 13.3. The smallest absolute Gasteiger partial charge is 0.295 e. The Kier molecular flexibility index (Phi) is 5.04. The molecule has 0 aliphatic carbocycles. The number of nitro groups is 1. The van der Waals surface area contributed by atoms with Crippen molar-refractivity contribution in [1.29, 1.82) is 0 Å². The largest absolute Gasteiger partial charge is 0.377 e. The summed E-state index contributed by atoms with van der Waals surface area (Å²) in [4.78, 5) is 10.1. The normalized spacial score (nSPS) is 10.1. The first-order valence-corrected chi connectivity index (χ1v) is 6.22. The van der Waals surface area contributed by atoms with Gasteiger partial charge in [-0.1, -0.05) is 6.07 Å². The second-order valence-corrected chi connectivity index (χ2v) is 4.15. The summed E-state index contributed by atoms with van der Waals surface area (Å²) in [5.74, 6) is 0.355. The average molecular weight is 244 g/mol. The first-order valence-electron chi connectivity index (χ1n) is 4.82. The maximum atomic E-state index is 13.3. The van der Waals surface area contributed by atoms with Crippen LogP contribution in [0.4, 0.5) is 15.8 Å². The third kappa shape index (κ3) is 3.37. The molecule has 1 aromatic carbocycles. The van der Waals surface area contributed by atoms with Crippen LogP contribution in [-0.4, -0.2) is 23.5 Å². The van der Waals surface area contributed by atoms with E-state index in [1.807, 2.05) is 6.26 Å². The lowest BCUT2D eigenvalue weighted by Gasteiger charge is -2.07. The fraction of sp³-hybridized carbons (Fsp3) is 0.400. The highest BCUT2D eigenvalue weighted by Gasteiger charge is 2.16. The SMILES string of the molecule is CSCCCNc1c(F)cccc1[N+](=O)[O-]. The molecule has 0 aliphatic rings. The summed E-state index contributed by atoms with van der Waals surface area (Å²) >= 11 is 1.68. The van der Waals surface area contributed by atoms with Crippen molar-refractivity contribution in [3.63, 3.8) is 0 Å². The standard InChI is InChI=1S/C10H13FN2O2S/c1-16-7-3-6-12-10-8(11)4-2-5-9(10)13(14)15/h2,4-5,12H,3,6-7H2,1H3. The highest BCUT2D eigenvalue weighted by molar-refractivity contribution is 7.98. The molecule has 1 N–H and O–H groups in total. The number of nitrogens with zero attached hydrogens (tertiary/aromatic N) is 1. The van der Waals surface area contributed by atoms with Crippen LogP contribution in [0.2, 0.25) is 0 Å². The molecular weight excluding hydrogens is 231 g/mol. The van der Waals surface area contributed by atoms with Gasteiger partial charge in [0.15, 0.2) is 5.82 Å². The Morgan fingerprint density at radius 3 is 2.94 bits per heavy atom. The molecule has 0 aromatic heterocycles. The zero-order valence-corrected chi connectivity index (χ0v) is 9.72. The van der Waals surface area contributed by atoms with E-state index in [1.165, 1.54) is 18.2 Å². The van der Waals surface area contributed by atoms with E-state index in [9.17, 15) is 14.5 Å². The van der Waals surface area contributed by atoms with Crippen LogP contribution >= 0.6 is 11.8 Å². The number of benzene rings is 1. The predicted molar refractivity (Wildman–Crippen MR) is 64.5 cm³/mol. The van der Waals surface area contributed by atoms with Crippen molar-refractivity contribution < 1.29 is 9.31 Å². The minimum absolute atomic E-state index is 0.0198. The minimum Gasteiger partial charge on any atom is -0.377 e. The number of halogens is 1. The molecule has 4 nitrogen and oxygen atoms in total. The molecule has 0 fully saturated rings. The van der Waals surface area contributed by atoms with Crippen LogP contribution in [0.5, 0.6) is 0 Å². The Labute approximate surface area is 97.4 Å².